The Bertz CT molecular complexity index is 1410. The van der Waals surface area contributed by atoms with Crippen LogP contribution in [0.3, 0.4) is 0 Å². The number of benzene rings is 1. The van der Waals surface area contributed by atoms with Crippen molar-refractivity contribution in [1.29, 1.82) is 0 Å². The Balaban J connectivity index is 1.46. The number of fused-ring (bicyclic) bond motifs is 1. The number of nitrogens with zero attached hydrogens (tertiary/aromatic N) is 2. The smallest absolute Gasteiger partial charge is 0.346 e. The molecule has 0 spiro atoms. The summed E-state index contributed by atoms with van der Waals surface area (Å²) < 4.78 is 47.0. The highest BCUT2D eigenvalue weighted by atomic mass is 19.2. The number of urea groups is 1. The van der Waals surface area contributed by atoms with Crippen LogP contribution in [0.4, 0.5) is 18.0 Å². The first kappa shape index (κ1) is 25.6. The maximum absolute atomic E-state index is 13.5. The Hall–Kier alpha value is -4.52. The molecule has 192 valence electrons. The van der Waals surface area contributed by atoms with Crippen molar-refractivity contribution in [3.05, 3.63) is 93.3 Å². The molecule has 4 rings (SSSR count). The Morgan fingerprint density at radius 2 is 1.95 bits per heavy atom. The van der Waals surface area contributed by atoms with Crippen molar-refractivity contribution in [2.24, 2.45) is 4.99 Å². The van der Waals surface area contributed by atoms with Crippen molar-refractivity contribution in [1.82, 2.24) is 20.5 Å². The quantitative estimate of drug-likeness (QED) is 0.455. The van der Waals surface area contributed by atoms with Crippen molar-refractivity contribution in [2.75, 3.05) is 13.7 Å². The van der Waals surface area contributed by atoms with E-state index in [-0.39, 0.29) is 24.3 Å². The highest BCUT2D eigenvalue weighted by Crippen LogP contribution is 2.16. The van der Waals surface area contributed by atoms with Gasteiger partial charge < -0.3 is 25.3 Å². The summed E-state index contributed by atoms with van der Waals surface area (Å²) in [5.74, 6) is -5.93. The molecular weight excluding hydrogens is 495 g/mol. The summed E-state index contributed by atoms with van der Waals surface area (Å²) in [4.78, 5) is 53.2. The van der Waals surface area contributed by atoms with Gasteiger partial charge in [-0.3, -0.25) is 14.4 Å². The van der Waals surface area contributed by atoms with E-state index in [1.165, 1.54) is 25.4 Å². The molecule has 0 fully saturated rings. The molecule has 1 aromatic carbocycles. The summed E-state index contributed by atoms with van der Waals surface area (Å²) in [6.45, 7) is -0.611. The van der Waals surface area contributed by atoms with Crippen LogP contribution in [0.1, 0.15) is 15.9 Å². The molecule has 3 N–H and O–H groups in total. The molecule has 0 radical (unpaired) electrons. The van der Waals surface area contributed by atoms with E-state index in [9.17, 15) is 32.3 Å². The SMILES string of the molecule is CNC(=O)[C@H](COC1C=CC2=NC(=O)NC2=C1)NC(=O)c1cccn(Cc2cc(F)c(F)c(F)c2)c1=O. The van der Waals surface area contributed by atoms with Gasteiger partial charge >= 0.3 is 6.03 Å². The van der Waals surface area contributed by atoms with E-state index in [1.54, 1.807) is 18.2 Å². The molecule has 4 amide bonds. The van der Waals surface area contributed by atoms with E-state index in [0.717, 1.165) is 16.7 Å². The minimum absolute atomic E-state index is 0.0333. The molecule has 10 nitrogen and oxygen atoms in total. The summed E-state index contributed by atoms with van der Waals surface area (Å²) in [5, 5.41) is 7.38. The molecule has 2 heterocycles. The zero-order chi connectivity index (χ0) is 26.7. The number of carbonyl (C=O) groups is 3. The van der Waals surface area contributed by atoms with Crippen molar-refractivity contribution >= 4 is 23.6 Å². The van der Waals surface area contributed by atoms with Crippen LogP contribution in [0.5, 0.6) is 0 Å². The Morgan fingerprint density at radius 1 is 1.22 bits per heavy atom. The summed E-state index contributed by atoms with van der Waals surface area (Å²) >= 11 is 0. The Labute approximate surface area is 207 Å². The van der Waals surface area contributed by atoms with Crippen molar-refractivity contribution in [2.45, 2.75) is 18.7 Å². The molecule has 1 aliphatic carbocycles. The maximum atomic E-state index is 13.5. The van der Waals surface area contributed by atoms with E-state index in [1.807, 2.05) is 0 Å². The fraction of sp³-hybridized carbons (Fsp3) is 0.208. The lowest BCUT2D eigenvalue weighted by Crippen LogP contribution is -2.50. The fourth-order valence-corrected chi connectivity index (χ4v) is 3.67. The number of carbonyl (C=O) groups excluding carboxylic acids is 3. The third-order valence-electron chi connectivity index (χ3n) is 5.50. The number of hydrogen-bond acceptors (Lipinski definition) is 5. The topological polar surface area (TPSA) is 131 Å². The zero-order valence-corrected chi connectivity index (χ0v) is 19.3. The van der Waals surface area contributed by atoms with Crippen LogP contribution in [0.25, 0.3) is 0 Å². The first-order valence-corrected chi connectivity index (χ1v) is 10.9. The van der Waals surface area contributed by atoms with Gasteiger partial charge in [-0.15, -0.1) is 0 Å². The van der Waals surface area contributed by atoms with Gasteiger partial charge in [-0.2, -0.15) is 4.99 Å². The molecule has 2 atom stereocenters. The van der Waals surface area contributed by atoms with E-state index in [2.05, 4.69) is 20.9 Å². The average Bonchev–Trinajstić information content (AvgIpc) is 3.24. The van der Waals surface area contributed by atoms with Gasteiger partial charge in [-0.25, -0.2) is 18.0 Å². The van der Waals surface area contributed by atoms with Gasteiger partial charge in [0.1, 0.15) is 11.6 Å². The molecule has 37 heavy (non-hydrogen) atoms. The van der Waals surface area contributed by atoms with Crippen LogP contribution in [-0.2, 0) is 16.1 Å². The summed E-state index contributed by atoms with van der Waals surface area (Å²) in [6, 6.07) is 2.39. The molecule has 2 aromatic rings. The molecule has 0 saturated heterocycles. The number of allylic oxidation sites excluding steroid dienone is 1. The predicted octanol–water partition coefficient (Wildman–Crippen LogP) is 1.16. The number of pyridine rings is 1. The number of likely N-dealkylation sites (N-methyl/N-ethyl adjacent to an activating group) is 1. The lowest BCUT2D eigenvalue weighted by molar-refractivity contribution is -0.124. The number of aliphatic imine (C=N–C) groups is 1. The minimum atomic E-state index is -1.63. The number of hydrogen-bond donors (Lipinski definition) is 3. The lowest BCUT2D eigenvalue weighted by atomic mass is 10.1. The molecule has 0 saturated carbocycles. The monoisotopic (exact) mass is 515 g/mol. The summed E-state index contributed by atoms with van der Waals surface area (Å²) in [7, 11) is 1.36. The number of ether oxygens (including phenoxy) is 1. The number of aromatic nitrogens is 1. The van der Waals surface area contributed by atoms with Crippen LogP contribution in [0.15, 0.2) is 64.2 Å². The second-order valence-electron chi connectivity index (χ2n) is 8.03. The van der Waals surface area contributed by atoms with Crippen molar-refractivity contribution in [3.8, 4) is 0 Å². The molecule has 0 bridgehead atoms. The third kappa shape index (κ3) is 5.67. The van der Waals surface area contributed by atoms with Gasteiger partial charge in [-0.05, 0) is 48.1 Å². The van der Waals surface area contributed by atoms with E-state index in [4.69, 9.17) is 4.74 Å². The molecule has 1 unspecified atom stereocenters. The Morgan fingerprint density at radius 3 is 2.65 bits per heavy atom. The number of halogens is 3. The second kappa shape index (κ2) is 10.6. The molecule has 2 aliphatic rings. The lowest BCUT2D eigenvalue weighted by Gasteiger charge is -2.21. The van der Waals surface area contributed by atoms with E-state index in [0.29, 0.717) is 11.4 Å². The summed E-state index contributed by atoms with van der Waals surface area (Å²) in [6.07, 6.45) is 5.45. The van der Waals surface area contributed by atoms with Gasteiger partial charge in [-0.1, -0.05) is 0 Å². The van der Waals surface area contributed by atoms with Gasteiger partial charge in [0.2, 0.25) is 5.91 Å². The van der Waals surface area contributed by atoms with Crippen molar-refractivity contribution in [3.63, 3.8) is 0 Å². The minimum Gasteiger partial charge on any atom is -0.367 e. The van der Waals surface area contributed by atoms with Crippen LogP contribution in [-0.4, -0.2) is 53.9 Å². The molecule has 13 heteroatoms. The number of nitrogens with one attached hydrogen (secondary N) is 3. The first-order chi connectivity index (χ1) is 17.7. The molecule has 1 aliphatic heterocycles. The maximum Gasteiger partial charge on any atom is 0.346 e. The normalized spacial score (nSPS) is 16.9. The van der Waals surface area contributed by atoms with E-state index >= 15 is 0 Å². The van der Waals surface area contributed by atoms with Gasteiger partial charge in [0.05, 0.1) is 30.7 Å². The molecule has 1 aromatic heterocycles. The van der Waals surface area contributed by atoms with Crippen LogP contribution < -0.4 is 21.5 Å². The van der Waals surface area contributed by atoms with Gasteiger partial charge in [0, 0.05) is 13.2 Å². The zero-order valence-electron chi connectivity index (χ0n) is 19.3. The third-order valence-corrected chi connectivity index (χ3v) is 5.50. The Kier molecular flexibility index (Phi) is 7.34. The first-order valence-electron chi connectivity index (χ1n) is 10.9. The van der Waals surface area contributed by atoms with Crippen LogP contribution >= 0.6 is 0 Å². The second-order valence-corrected chi connectivity index (χ2v) is 8.03. The standard InChI is InChI=1S/C24H20F3N5O5/c1-28-22(34)19(11-37-13-4-5-17-18(9-13)31-24(36)30-17)29-21(33)14-3-2-6-32(23(14)35)10-12-7-15(25)20(27)16(26)8-12/h2-9,13,19H,10-11H2,1H3,(H,28,34)(H,29,33)(H,31,36)/t13?,19-/m0/s1. The van der Waals surface area contributed by atoms with Crippen LogP contribution in [0, 0.1) is 17.5 Å². The van der Waals surface area contributed by atoms with Gasteiger partial charge in [0.15, 0.2) is 17.5 Å². The van der Waals surface area contributed by atoms with E-state index < -0.39 is 53.0 Å². The largest absolute Gasteiger partial charge is 0.367 e. The highest BCUT2D eigenvalue weighted by molar-refractivity contribution is 6.19. The fourth-order valence-electron chi connectivity index (χ4n) is 3.67. The number of rotatable bonds is 8. The average molecular weight is 515 g/mol. The highest BCUT2D eigenvalue weighted by Gasteiger charge is 2.26. The molecular formula is C24H20F3N5O5. The predicted molar refractivity (Wildman–Crippen MR) is 124 cm³/mol. The van der Waals surface area contributed by atoms with Crippen molar-refractivity contribution < 1.29 is 32.3 Å². The summed E-state index contributed by atoms with van der Waals surface area (Å²) in [5.41, 5.74) is -0.260. The van der Waals surface area contributed by atoms with Gasteiger partial charge in [0.25, 0.3) is 11.5 Å². The number of amides is 4. The van der Waals surface area contributed by atoms with Crippen LogP contribution in [0.2, 0.25) is 0 Å².